The van der Waals surface area contributed by atoms with Crippen molar-refractivity contribution >= 4 is 5.97 Å². The highest BCUT2D eigenvalue weighted by atomic mass is 16.5. The van der Waals surface area contributed by atoms with Crippen molar-refractivity contribution in [2.24, 2.45) is 11.3 Å². The Hall–Kier alpha value is -0.610. The Balaban J connectivity index is 2.29. The summed E-state index contributed by atoms with van der Waals surface area (Å²) in [6.45, 7) is 5.69. The summed E-state index contributed by atoms with van der Waals surface area (Å²) in [5.41, 5.74) is -2.56. The van der Waals surface area contributed by atoms with E-state index < -0.39 is 16.6 Å². The van der Waals surface area contributed by atoms with Crippen LogP contribution in [0.5, 0.6) is 0 Å². The Morgan fingerprint density at radius 2 is 1.95 bits per heavy atom. The van der Waals surface area contributed by atoms with E-state index in [4.69, 9.17) is 4.74 Å². The Bertz CT molecular complexity index is 373. The van der Waals surface area contributed by atoms with Crippen LogP contribution in [0.3, 0.4) is 0 Å². The van der Waals surface area contributed by atoms with Gasteiger partial charge < -0.3 is 14.9 Å². The number of hydrogen-bond donors (Lipinski definition) is 2. The van der Waals surface area contributed by atoms with E-state index in [0.29, 0.717) is 32.3 Å². The minimum atomic E-state index is -1.00. The van der Waals surface area contributed by atoms with E-state index in [0.717, 1.165) is 19.3 Å². The van der Waals surface area contributed by atoms with E-state index >= 15 is 0 Å². The molecule has 3 atom stereocenters. The highest BCUT2D eigenvalue weighted by Crippen LogP contribution is 2.59. The van der Waals surface area contributed by atoms with E-state index in [2.05, 4.69) is 0 Å². The summed E-state index contributed by atoms with van der Waals surface area (Å²) in [7, 11) is 0. The Labute approximate surface area is 121 Å². The Morgan fingerprint density at radius 3 is 2.55 bits per heavy atom. The van der Waals surface area contributed by atoms with Gasteiger partial charge in [-0.3, -0.25) is 4.79 Å². The van der Waals surface area contributed by atoms with Crippen molar-refractivity contribution in [3.63, 3.8) is 0 Å². The molecule has 0 aliphatic heterocycles. The molecule has 4 heteroatoms. The quantitative estimate of drug-likeness (QED) is 0.778. The lowest BCUT2D eigenvalue weighted by molar-refractivity contribution is -0.185. The largest absolute Gasteiger partial charge is 0.465 e. The van der Waals surface area contributed by atoms with Gasteiger partial charge in [-0.1, -0.05) is 12.8 Å². The minimum Gasteiger partial charge on any atom is -0.465 e. The van der Waals surface area contributed by atoms with Crippen LogP contribution in [0, 0.1) is 11.3 Å². The molecule has 2 aliphatic carbocycles. The lowest BCUT2D eigenvalue weighted by atomic mass is 9.61. The first-order chi connectivity index (χ1) is 9.25. The van der Waals surface area contributed by atoms with E-state index in [1.165, 1.54) is 0 Å². The standard InChI is InChI=1S/C16H28O4/c1-4-20-13(17)15-8-5-6-9-16(15,19)12(7-10-15)11-14(2,3)18/h12,18-19H,4-11H2,1-3H3/t12-,15-,16-/m1/s1. The number of rotatable bonds is 4. The highest BCUT2D eigenvalue weighted by molar-refractivity contribution is 5.79. The van der Waals surface area contributed by atoms with Crippen molar-refractivity contribution in [2.75, 3.05) is 6.61 Å². The minimum absolute atomic E-state index is 0.0211. The van der Waals surface area contributed by atoms with Crippen LogP contribution in [-0.4, -0.2) is 34.0 Å². The van der Waals surface area contributed by atoms with Crippen molar-refractivity contribution < 1.29 is 19.7 Å². The van der Waals surface area contributed by atoms with Gasteiger partial charge in [0.2, 0.25) is 0 Å². The molecule has 0 unspecified atom stereocenters. The first-order valence-corrected chi connectivity index (χ1v) is 7.87. The second-order valence-electron chi connectivity index (χ2n) is 7.19. The molecule has 0 radical (unpaired) electrons. The van der Waals surface area contributed by atoms with E-state index in [1.807, 2.05) is 0 Å². The Kier molecular flexibility index (Phi) is 4.18. The van der Waals surface area contributed by atoms with Gasteiger partial charge in [0.15, 0.2) is 0 Å². The van der Waals surface area contributed by atoms with Gasteiger partial charge in [-0.25, -0.2) is 0 Å². The zero-order valence-electron chi connectivity index (χ0n) is 12.9. The normalized spacial score (nSPS) is 37.5. The molecule has 2 saturated carbocycles. The maximum absolute atomic E-state index is 12.5. The number of esters is 1. The monoisotopic (exact) mass is 284 g/mol. The van der Waals surface area contributed by atoms with Crippen LogP contribution in [0.2, 0.25) is 0 Å². The summed E-state index contributed by atoms with van der Waals surface area (Å²) in [6.07, 6.45) is 5.28. The number of carbonyl (C=O) groups excluding carboxylic acids is 1. The van der Waals surface area contributed by atoms with Crippen molar-refractivity contribution in [3.05, 3.63) is 0 Å². The fourth-order valence-corrected chi connectivity index (χ4v) is 4.40. The molecule has 0 saturated heterocycles. The highest BCUT2D eigenvalue weighted by Gasteiger charge is 2.64. The number of carbonyl (C=O) groups is 1. The molecule has 2 fully saturated rings. The van der Waals surface area contributed by atoms with Gasteiger partial charge in [-0.2, -0.15) is 0 Å². The zero-order chi connectivity index (χ0) is 15.0. The van der Waals surface area contributed by atoms with Gasteiger partial charge in [-0.15, -0.1) is 0 Å². The molecule has 0 amide bonds. The average Bonchev–Trinajstić information content (AvgIpc) is 2.63. The summed E-state index contributed by atoms with van der Waals surface area (Å²) < 4.78 is 5.27. The van der Waals surface area contributed by atoms with Crippen LogP contribution >= 0.6 is 0 Å². The molecule has 0 heterocycles. The lowest BCUT2D eigenvalue weighted by Crippen LogP contribution is -2.56. The van der Waals surface area contributed by atoms with Crippen LogP contribution in [0.4, 0.5) is 0 Å². The van der Waals surface area contributed by atoms with Gasteiger partial charge in [-0.05, 0) is 58.8 Å². The molecule has 0 aromatic carbocycles. The second kappa shape index (κ2) is 5.30. The van der Waals surface area contributed by atoms with Crippen LogP contribution in [0.15, 0.2) is 0 Å². The topological polar surface area (TPSA) is 66.8 Å². The second-order valence-corrected chi connectivity index (χ2v) is 7.19. The summed E-state index contributed by atoms with van der Waals surface area (Å²) in [5.74, 6) is -0.257. The Morgan fingerprint density at radius 1 is 1.30 bits per heavy atom. The summed E-state index contributed by atoms with van der Waals surface area (Å²) in [5, 5.41) is 21.4. The van der Waals surface area contributed by atoms with Crippen LogP contribution in [0.1, 0.15) is 65.7 Å². The van der Waals surface area contributed by atoms with Gasteiger partial charge in [0.1, 0.15) is 0 Å². The molecule has 2 N–H and O–H groups in total. The average molecular weight is 284 g/mol. The fourth-order valence-electron chi connectivity index (χ4n) is 4.40. The van der Waals surface area contributed by atoms with Gasteiger partial charge in [0.05, 0.1) is 23.2 Å². The third-order valence-corrected chi connectivity index (χ3v) is 5.25. The van der Waals surface area contributed by atoms with Crippen LogP contribution in [-0.2, 0) is 9.53 Å². The first-order valence-electron chi connectivity index (χ1n) is 7.87. The lowest BCUT2D eigenvalue weighted by Gasteiger charge is -2.47. The molecular weight excluding hydrogens is 256 g/mol. The summed E-state index contributed by atoms with van der Waals surface area (Å²) in [4.78, 5) is 12.5. The molecule has 0 bridgehead atoms. The SMILES string of the molecule is CCOC(=O)[C@]12CCCC[C@@]1(O)[C@@H](CC(C)(C)O)CC2. The van der Waals surface area contributed by atoms with Gasteiger partial charge in [0.25, 0.3) is 0 Å². The van der Waals surface area contributed by atoms with Gasteiger partial charge >= 0.3 is 5.97 Å². The maximum atomic E-state index is 12.5. The number of aliphatic hydroxyl groups is 2. The predicted octanol–water partition coefficient (Wildman–Crippen LogP) is 2.41. The number of fused-ring (bicyclic) bond motifs is 1. The third-order valence-electron chi connectivity index (χ3n) is 5.25. The molecule has 116 valence electrons. The van der Waals surface area contributed by atoms with E-state index in [-0.39, 0.29) is 11.9 Å². The molecule has 0 spiro atoms. The van der Waals surface area contributed by atoms with E-state index in [9.17, 15) is 15.0 Å². The van der Waals surface area contributed by atoms with Crippen molar-refractivity contribution in [2.45, 2.75) is 76.9 Å². The smallest absolute Gasteiger partial charge is 0.315 e. The first kappa shape index (κ1) is 15.8. The van der Waals surface area contributed by atoms with Crippen LogP contribution in [0.25, 0.3) is 0 Å². The molecule has 0 aromatic heterocycles. The fraction of sp³-hybridized carbons (Fsp3) is 0.938. The molecular formula is C16H28O4. The molecule has 4 nitrogen and oxygen atoms in total. The molecule has 2 aliphatic rings. The van der Waals surface area contributed by atoms with Gasteiger partial charge in [0, 0.05) is 0 Å². The van der Waals surface area contributed by atoms with Crippen molar-refractivity contribution in [1.29, 1.82) is 0 Å². The van der Waals surface area contributed by atoms with Crippen molar-refractivity contribution in [1.82, 2.24) is 0 Å². The van der Waals surface area contributed by atoms with E-state index in [1.54, 1.807) is 20.8 Å². The zero-order valence-corrected chi connectivity index (χ0v) is 12.9. The molecule has 20 heavy (non-hydrogen) atoms. The molecule has 2 rings (SSSR count). The third kappa shape index (κ3) is 2.48. The predicted molar refractivity (Wildman–Crippen MR) is 76.1 cm³/mol. The van der Waals surface area contributed by atoms with Crippen molar-refractivity contribution in [3.8, 4) is 0 Å². The number of hydrogen-bond acceptors (Lipinski definition) is 4. The maximum Gasteiger partial charge on any atom is 0.315 e. The number of ether oxygens (including phenoxy) is 1. The molecule has 0 aromatic rings. The summed E-state index contributed by atoms with van der Waals surface area (Å²) >= 11 is 0. The summed E-state index contributed by atoms with van der Waals surface area (Å²) in [6, 6.07) is 0. The van der Waals surface area contributed by atoms with Crippen LogP contribution < -0.4 is 0 Å².